The van der Waals surface area contributed by atoms with Gasteiger partial charge < -0.3 is 10.2 Å². The van der Waals surface area contributed by atoms with E-state index in [0.29, 0.717) is 6.42 Å². The van der Waals surface area contributed by atoms with E-state index in [1.54, 1.807) is 0 Å². The smallest absolute Gasteiger partial charge is 0.300 e. The van der Waals surface area contributed by atoms with Gasteiger partial charge in [0.15, 0.2) is 0 Å². The number of aliphatic carboxylic acids is 1. The van der Waals surface area contributed by atoms with Crippen LogP contribution in [0.5, 0.6) is 0 Å². The number of halogens is 1. The summed E-state index contributed by atoms with van der Waals surface area (Å²) >= 11 is 5.02. The molecule has 0 rings (SSSR count). The predicted octanol–water partition coefficient (Wildman–Crippen LogP) is 1.04. The van der Waals surface area contributed by atoms with Crippen LogP contribution in [0, 0.1) is 0 Å². The van der Waals surface area contributed by atoms with Crippen LogP contribution in [0.15, 0.2) is 0 Å². The number of carboxylic acid groups (broad SMARTS) is 1. The fourth-order valence-electron chi connectivity index (χ4n) is 0. The Labute approximate surface area is 59.3 Å². The van der Waals surface area contributed by atoms with Crippen molar-refractivity contribution in [2.45, 2.75) is 25.8 Å². The van der Waals surface area contributed by atoms with Crippen LogP contribution in [0.25, 0.3) is 0 Å². The topological polar surface area (TPSA) is 57.5 Å². The summed E-state index contributed by atoms with van der Waals surface area (Å²) in [6.07, 6.45) is 0.627. The normalized spacial score (nSPS) is 11.1. The molecule has 3 nitrogen and oxygen atoms in total. The van der Waals surface area contributed by atoms with E-state index in [0.717, 1.165) is 6.92 Å². The van der Waals surface area contributed by atoms with Crippen molar-refractivity contribution in [2.24, 2.45) is 0 Å². The molecule has 0 spiro atoms. The summed E-state index contributed by atoms with van der Waals surface area (Å²) in [5.41, 5.74) is -0.644. The van der Waals surface area contributed by atoms with Gasteiger partial charge in [-0.2, -0.15) is 0 Å². The van der Waals surface area contributed by atoms with Gasteiger partial charge in [0, 0.05) is 6.92 Å². The molecular formula is C5H11ClO3. The highest BCUT2D eigenvalue weighted by molar-refractivity contribution is 6.19. The van der Waals surface area contributed by atoms with Crippen molar-refractivity contribution in [3.05, 3.63) is 0 Å². The number of rotatable bonds is 1. The molecule has 56 valence electrons. The fraction of sp³-hybridized carbons (Fsp3) is 0.800. The first-order valence-electron chi connectivity index (χ1n) is 2.52. The second kappa shape index (κ2) is 7.72. The molecule has 1 unspecified atom stereocenters. The Kier molecular flexibility index (Phi) is 9.87. The van der Waals surface area contributed by atoms with Crippen LogP contribution in [-0.4, -0.2) is 21.7 Å². The standard InChI is InChI=1S/C3H7ClO.C2H4O2/c1-2-3(4)5;1-2(3)4/h3,5H,2H2,1H3;1H3,(H,3,4). The number of carbonyl (C=O) groups is 1. The SMILES string of the molecule is CC(=O)O.CCC(O)Cl. The Bertz CT molecular complexity index is 68.6. The molecule has 0 radical (unpaired) electrons. The molecule has 0 saturated carbocycles. The summed E-state index contributed by atoms with van der Waals surface area (Å²) in [6.45, 7) is 2.90. The second-order valence-electron chi connectivity index (χ2n) is 1.36. The van der Waals surface area contributed by atoms with E-state index >= 15 is 0 Å². The highest BCUT2D eigenvalue weighted by Crippen LogP contribution is 1.91. The van der Waals surface area contributed by atoms with Gasteiger partial charge in [-0.25, -0.2) is 0 Å². The van der Waals surface area contributed by atoms with Gasteiger partial charge in [-0.3, -0.25) is 4.79 Å². The molecule has 0 aliphatic rings. The first kappa shape index (κ1) is 11.5. The molecule has 0 fully saturated rings. The zero-order valence-corrected chi connectivity index (χ0v) is 6.22. The van der Waals surface area contributed by atoms with Crippen LogP contribution >= 0.6 is 11.6 Å². The maximum Gasteiger partial charge on any atom is 0.300 e. The predicted molar refractivity (Wildman–Crippen MR) is 35.5 cm³/mol. The Balaban J connectivity index is 0. The lowest BCUT2D eigenvalue weighted by Gasteiger charge is -1.87. The summed E-state index contributed by atoms with van der Waals surface area (Å²) < 4.78 is 0. The lowest BCUT2D eigenvalue weighted by Crippen LogP contribution is -1.88. The Morgan fingerprint density at radius 1 is 1.78 bits per heavy atom. The Morgan fingerprint density at radius 3 is 1.89 bits per heavy atom. The summed E-state index contributed by atoms with van der Waals surface area (Å²) in [5, 5.41) is 15.5. The van der Waals surface area contributed by atoms with Gasteiger partial charge in [0.25, 0.3) is 5.97 Å². The number of aliphatic hydroxyl groups is 1. The van der Waals surface area contributed by atoms with Gasteiger partial charge in [0.2, 0.25) is 0 Å². The average molecular weight is 155 g/mol. The molecule has 9 heavy (non-hydrogen) atoms. The monoisotopic (exact) mass is 154 g/mol. The largest absolute Gasteiger partial charge is 0.481 e. The molecule has 4 heteroatoms. The zero-order valence-electron chi connectivity index (χ0n) is 5.47. The number of aliphatic hydroxyl groups excluding tert-OH is 1. The third-order valence-electron chi connectivity index (χ3n) is 0.337. The molecule has 0 aromatic rings. The van der Waals surface area contributed by atoms with Crippen molar-refractivity contribution in [1.29, 1.82) is 0 Å². The van der Waals surface area contributed by atoms with Crippen molar-refractivity contribution < 1.29 is 15.0 Å². The number of hydrogen-bond acceptors (Lipinski definition) is 2. The highest BCUT2D eigenvalue weighted by atomic mass is 35.5. The summed E-state index contributed by atoms with van der Waals surface area (Å²) in [6, 6.07) is 0. The first-order valence-corrected chi connectivity index (χ1v) is 2.96. The lowest BCUT2D eigenvalue weighted by molar-refractivity contribution is -0.134. The molecule has 0 aromatic heterocycles. The molecule has 0 amide bonds. The molecule has 0 heterocycles. The van der Waals surface area contributed by atoms with Crippen molar-refractivity contribution in [3.8, 4) is 0 Å². The van der Waals surface area contributed by atoms with Crippen LogP contribution in [0.4, 0.5) is 0 Å². The van der Waals surface area contributed by atoms with Crippen LogP contribution < -0.4 is 0 Å². The minimum absolute atomic E-state index is 0.627. The van der Waals surface area contributed by atoms with Gasteiger partial charge in [0.1, 0.15) is 5.56 Å². The van der Waals surface area contributed by atoms with E-state index < -0.39 is 11.5 Å². The van der Waals surface area contributed by atoms with Crippen molar-refractivity contribution in [3.63, 3.8) is 0 Å². The van der Waals surface area contributed by atoms with Crippen molar-refractivity contribution in [1.82, 2.24) is 0 Å². The number of hydrogen-bond donors (Lipinski definition) is 2. The average Bonchev–Trinajstić information content (AvgIpc) is 1.65. The quantitative estimate of drug-likeness (QED) is 0.555. The summed E-state index contributed by atoms with van der Waals surface area (Å²) in [5.74, 6) is -0.833. The van der Waals surface area contributed by atoms with E-state index in [9.17, 15) is 0 Å². The highest BCUT2D eigenvalue weighted by Gasteiger charge is 1.85. The van der Waals surface area contributed by atoms with Gasteiger partial charge in [-0.1, -0.05) is 18.5 Å². The van der Waals surface area contributed by atoms with Crippen LogP contribution in [0.2, 0.25) is 0 Å². The van der Waals surface area contributed by atoms with Crippen LogP contribution in [0.1, 0.15) is 20.3 Å². The van der Waals surface area contributed by atoms with E-state index in [-0.39, 0.29) is 0 Å². The van der Waals surface area contributed by atoms with Gasteiger partial charge in [0.05, 0.1) is 0 Å². The minimum Gasteiger partial charge on any atom is -0.481 e. The summed E-state index contributed by atoms with van der Waals surface area (Å²) in [7, 11) is 0. The molecule has 1 atom stereocenters. The molecule has 0 bridgehead atoms. The Hall–Kier alpha value is -0.280. The molecular weight excluding hydrogens is 144 g/mol. The van der Waals surface area contributed by atoms with Crippen molar-refractivity contribution in [2.75, 3.05) is 0 Å². The summed E-state index contributed by atoms with van der Waals surface area (Å²) in [4.78, 5) is 9.00. The Morgan fingerprint density at radius 2 is 1.89 bits per heavy atom. The number of alkyl halides is 1. The number of carboxylic acids is 1. The minimum atomic E-state index is -0.833. The molecule has 0 aromatic carbocycles. The van der Waals surface area contributed by atoms with Crippen molar-refractivity contribution >= 4 is 17.6 Å². The zero-order chi connectivity index (χ0) is 7.86. The molecule has 0 aliphatic heterocycles. The third kappa shape index (κ3) is 85.4. The van der Waals surface area contributed by atoms with Crippen LogP contribution in [-0.2, 0) is 4.79 Å². The maximum atomic E-state index is 9.00. The van der Waals surface area contributed by atoms with E-state index in [1.165, 1.54) is 0 Å². The van der Waals surface area contributed by atoms with Gasteiger partial charge >= 0.3 is 0 Å². The van der Waals surface area contributed by atoms with Crippen LogP contribution in [0.3, 0.4) is 0 Å². The lowest BCUT2D eigenvalue weighted by atomic mass is 10.5. The van der Waals surface area contributed by atoms with E-state index in [4.69, 9.17) is 26.6 Å². The maximum absolute atomic E-state index is 9.00. The fourth-order valence-corrected chi connectivity index (χ4v) is 0. The molecule has 2 N–H and O–H groups in total. The van der Waals surface area contributed by atoms with E-state index in [1.807, 2.05) is 6.92 Å². The molecule has 0 saturated heterocycles. The third-order valence-corrected chi connectivity index (χ3v) is 0.645. The first-order chi connectivity index (χ1) is 4.00. The van der Waals surface area contributed by atoms with E-state index in [2.05, 4.69) is 0 Å². The molecule has 0 aliphatic carbocycles. The van der Waals surface area contributed by atoms with Gasteiger partial charge in [-0.05, 0) is 6.42 Å². The van der Waals surface area contributed by atoms with Gasteiger partial charge in [-0.15, -0.1) is 0 Å². The second-order valence-corrected chi connectivity index (χ2v) is 1.87.